The van der Waals surface area contributed by atoms with E-state index in [0.29, 0.717) is 12.1 Å². The fourth-order valence-corrected chi connectivity index (χ4v) is 2.98. The highest BCUT2D eigenvalue weighted by molar-refractivity contribution is 5.95. The Morgan fingerprint density at radius 2 is 1.89 bits per heavy atom. The molecule has 0 radical (unpaired) electrons. The molecule has 2 aromatic heterocycles. The van der Waals surface area contributed by atoms with Crippen LogP contribution in [-0.2, 0) is 6.54 Å². The van der Waals surface area contributed by atoms with Crippen molar-refractivity contribution in [3.05, 3.63) is 103 Å². The maximum atomic E-state index is 12.9. The first kappa shape index (κ1) is 16.8. The second-order valence-electron chi connectivity index (χ2n) is 6.20. The van der Waals surface area contributed by atoms with Crippen molar-refractivity contribution in [1.29, 1.82) is 0 Å². The predicted octanol–water partition coefficient (Wildman–Crippen LogP) is 3.24. The Bertz CT molecular complexity index is 994. The molecule has 0 aliphatic carbocycles. The summed E-state index contributed by atoms with van der Waals surface area (Å²) >= 11 is 0. The van der Waals surface area contributed by atoms with Crippen LogP contribution < -0.4 is 5.32 Å². The highest BCUT2D eigenvalue weighted by Crippen LogP contribution is 2.17. The Kier molecular flexibility index (Phi) is 4.78. The molecule has 2 aromatic carbocycles. The lowest BCUT2D eigenvalue weighted by Crippen LogP contribution is -2.31. The first-order valence-electron chi connectivity index (χ1n) is 8.71. The van der Waals surface area contributed by atoms with Crippen LogP contribution in [0.1, 0.15) is 22.0 Å². The van der Waals surface area contributed by atoms with E-state index in [9.17, 15) is 4.79 Å². The normalized spacial score (nSPS) is 11.9. The summed E-state index contributed by atoms with van der Waals surface area (Å²) in [5, 5.41) is 7.36. The zero-order chi connectivity index (χ0) is 18.5. The van der Waals surface area contributed by atoms with E-state index in [1.54, 1.807) is 23.4 Å². The fourth-order valence-electron chi connectivity index (χ4n) is 2.98. The number of carbonyl (C=O) groups excluding carboxylic acids is 1. The van der Waals surface area contributed by atoms with Crippen LogP contribution in [-0.4, -0.2) is 25.2 Å². The molecule has 0 saturated heterocycles. The summed E-state index contributed by atoms with van der Waals surface area (Å²) in [7, 11) is 0. The molecule has 0 bridgehead atoms. The van der Waals surface area contributed by atoms with Crippen molar-refractivity contribution in [2.45, 2.75) is 12.6 Å². The van der Waals surface area contributed by atoms with Crippen LogP contribution in [0.25, 0.3) is 5.69 Å². The second-order valence-corrected chi connectivity index (χ2v) is 6.20. The third-order valence-corrected chi connectivity index (χ3v) is 4.34. The molecule has 134 valence electrons. The smallest absolute Gasteiger partial charge is 0.251 e. The molecule has 0 aliphatic heterocycles. The lowest BCUT2D eigenvalue weighted by Gasteiger charge is -2.20. The quantitative estimate of drug-likeness (QED) is 0.576. The molecule has 6 heteroatoms. The van der Waals surface area contributed by atoms with Crippen molar-refractivity contribution in [3.63, 3.8) is 0 Å². The van der Waals surface area contributed by atoms with Gasteiger partial charge in [0, 0.05) is 36.9 Å². The SMILES string of the molecule is O=C(N[C@@H](Cn1ccnc1)c1ccccc1)c1cccc(-n2cccn2)c1. The van der Waals surface area contributed by atoms with Gasteiger partial charge >= 0.3 is 0 Å². The number of hydrogen-bond donors (Lipinski definition) is 1. The second kappa shape index (κ2) is 7.70. The van der Waals surface area contributed by atoms with E-state index in [4.69, 9.17) is 0 Å². The number of hydrogen-bond acceptors (Lipinski definition) is 3. The molecule has 1 N–H and O–H groups in total. The van der Waals surface area contributed by atoms with E-state index < -0.39 is 0 Å². The summed E-state index contributed by atoms with van der Waals surface area (Å²) in [6.07, 6.45) is 8.93. The standard InChI is InChI=1S/C21H19N5O/c27-21(18-8-4-9-19(14-18)26-12-5-10-23-26)24-20(15-25-13-11-22-16-25)17-6-2-1-3-7-17/h1-14,16,20H,15H2,(H,24,27)/t20-/m0/s1. The van der Waals surface area contributed by atoms with E-state index in [1.165, 1.54) is 0 Å². The first-order valence-corrected chi connectivity index (χ1v) is 8.71. The van der Waals surface area contributed by atoms with Gasteiger partial charge in [0.25, 0.3) is 5.91 Å². The average Bonchev–Trinajstić information content (AvgIpc) is 3.42. The Morgan fingerprint density at radius 3 is 2.63 bits per heavy atom. The molecule has 1 amide bonds. The van der Waals surface area contributed by atoms with E-state index in [1.807, 2.05) is 77.6 Å². The van der Waals surface area contributed by atoms with Crippen molar-refractivity contribution >= 4 is 5.91 Å². The summed E-state index contributed by atoms with van der Waals surface area (Å²) in [5.74, 6) is -0.127. The number of imidazole rings is 1. The molecule has 4 aromatic rings. The van der Waals surface area contributed by atoms with Gasteiger partial charge in [0.2, 0.25) is 0 Å². The number of aromatic nitrogens is 4. The van der Waals surface area contributed by atoms with Crippen LogP contribution in [0.2, 0.25) is 0 Å². The minimum absolute atomic E-state index is 0.127. The fraction of sp³-hybridized carbons (Fsp3) is 0.0952. The van der Waals surface area contributed by atoms with Gasteiger partial charge in [-0.25, -0.2) is 9.67 Å². The number of amides is 1. The highest BCUT2D eigenvalue weighted by atomic mass is 16.1. The molecule has 0 aliphatic rings. The number of carbonyl (C=O) groups is 1. The third kappa shape index (κ3) is 3.95. The average molecular weight is 357 g/mol. The van der Waals surface area contributed by atoms with Crippen molar-refractivity contribution in [2.24, 2.45) is 0 Å². The van der Waals surface area contributed by atoms with Gasteiger partial charge in [0.05, 0.1) is 18.1 Å². The summed E-state index contributed by atoms with van der Waals surface area (Å²) in [4.78, 5) is 17.0. The Labute approximate surface area is 157 Å². The predicted molar refractivity (Wildman–Crippen MR) is 102 cm³/mol. The maximum Gasteiger partial charge on any atom is 0.251 e. The summed E-state index contributed by atoms with van der Waals surface area (Å²) in [6, 6.07) is 19.1. The van der Waals surface area contributed by atoms with E-state index in [2.05, 4.69) is 15.4 Å². The Balaban J connectivity index is 1.57. The lowest BCUT2D eigenvalue weighted by atomic mass is 10.1. The van der Waals surface area contributed by atoms with Gasteiger partial charge in [-0.3, -0.25) is 4.79 Å². The van der Waals surface area contributed by atoms with Crippen molar-refractivity contribution in [2.75, 3.05) is 0 Å². The summed E-state index contributed by atoms with van der Waals surface area (Å²) < 4.78 is 3.69. The number of benzene rings is 2. The molecular formula is C21H19N5O. The maximum absolute atomic E-state index is 12.9. The number of nitrogens with zero attached hydrogens (tertiary/aromatic N) is 4. The van der Waals surface area contributed by atoms with Crippen molar-refractivity contribution < 1.29 is 4.79 Å². The minimum atomic E-state index is -0.166. The van der Waals surface area contributed by atoms with Crippen LogP contribution >= 0.6 is 0 Å². The molecule has 4 rings (SSSR count). The van der Waals surface area contributed by atoms with E-state index in [0.717, 1.165) is 11.3 Å². The molecule has 0 saturated carbocycles. The van der Waals surface area contributed by atoms with Gasteiger partial charge in [-0.2, -0.15) is 5.10 Å². The van der Waals surface area contributed by atoms with Gasteiger partial charge < -0.3 is 9.88 Å². The van der Waals surface area contributed by atoms with Crippen molar-refractivity contribution in [3.8, 4) is 5.69 Å². The third-order valence-electron chi connectivity index (χ3n) is 4.34. The molecule has 0 unspecified atom stereocenters. The van der Waals surface area contributed by atoms with E-state index >= 15 is 0 Å². The zero-order valence-corrected chi connectivity index (χ0v) is 14.6. The zero-order valence-electron chi connectivity index (χ0n) is 14.6. The number of nitrogens with one attached hydrogen (secondary N) is 1. The molecule has 1 atom stereocenters. The summed E-state index contributed by atoms with van der Waals surface area (Å²) in [6.45, 7) is 0.606. The van der Waals surface area contributed by atoms with Crippen LogP contribution in [0.4, 0.5) is 0 Å². The van der Waals surface area contributed by atoms with Gasteiger partial charge in [-0.15, -0.1) is 0 Å². The lowest BCUT2D eigenvalue weighted by molar-refractivity contribution is 0.0932. The molecule has 6 nitrogen and oxygen atoms in total. The van der Waals surface area contributed by atoms with Crippen LogP contribution in [0.5, 0.6) is 0 Å². The van der Waals surface area contributed by atoms with Gasteiger partial charge in [-0.1, -0.05) is 36.4 Å². The van der Waals surface area contributed by atoms with Crippen molar-refractivity contribution in [1.82, 2.24) is 24.6 Å². The molecule has 0 fully saturated rings. The molecule has 27 heavy (non-hydrogen) atoms. The first-order chi connectivity index (χ1) is 13.3. The van der Waals surface area contributed by atoms with E-state index in [-0.39, 0.29) is 11.9 Å². The van der Waals surface area contributed by atoms with Gasteiger partial charge in [-0.05, 0) is 29.8 Å². The molecule has 2 heterocycles. The van der Waals surface area contributed by atoms with Gasteiger partial charge in [0.1, 0.15) is 0 Å². The number of rotatable bonds is 6. The van der Waals surface area contributed by atoms with Crippen LogP contribution in [0.15, 0.2) is 91.8 Å². The molecular weight excluding hydrogens is 338 g/mol. The minimum Gasteiger partial charge on any atom is -0.343 e. The van der Waals surface area contributed by atoms with Crippen LogP contribution in [0.3, 0.4) is 0 Å². The largest absolute Gasteiger partial charge is 0.343 e. The topological polar surface area (TPSA) is 64.7 Å². The Morgan fingerprint density at radius 1 is 1.00 bits per heavy atom. The summed E-state index contributed by atoms with van der Waals surface area (Å²) in [5.41, 5.74) is 2.48. The molecule has 0 spiro atoms. The Hall–Kier alpha value is -3.67. The van der Waals surface area contributed by atoms with Gasteiger partial charge in [0.15, 0.2) is 0 Å². The monoisotopic (exact) mass is 357 g/mol. The highest BCUT2D eigenvalue weighted by Gasteiger charge is 2.16. The van der Waals surface area contributed by atoms with Crippen LogP contribution in [0, 0.1) is 0 Å².